The highest BCUT2D eigenvalue weighted by Crippen LogP contribution is 2.20. The average molecular weight is 222 g/mol. The van der Waals surface area contributed by atoms with Crippen molar-refractivity contribution in [2.24, 2.45) is 5.73 Å². The lowest BCUT2D eigenvalue weighted by molar-refractivity contribution is 0.0738. The number of halogens is 1. The fourth-order valence-electron chi connectivity index (χ4n) is 2.04. The number of nitrogens with two attached hydrogens (primary N) is 1. The number of amides is 1. The third-order valence-corrected chi connectivity index (χ3v) is 3.18. The second kappa shape index (κ2) is 4.22. The molecule has 2 unspecified atom stereocenters. The molecule has 1 amide bonds. The number of hydrogen-bond acceptors (Lipinski definition) is 2. The topological polar surface area (TPSA) is 46.3 Å². The van der Waals surface area contributed by atoms with Crippen LogP contribution in [-0.2, 0) is 0 Å². The highest BCUT2D eigenvalue weighted by Gasteiger charge is 2.32. The van der Waals surface area contributed by atoms with E-state index in [1.165, 1.54) is 12.1 Å². The van der Waals surface area contributed by atoms with Gasteiger partial charge in [0, 0.05) is 18.6 Å². The minimum atomic E-state index is -0.472. The van der Waals surface area contributed by atoms with Gasteiger partial charge in [-0.2, -0.15) is 0 Å². The summed E-state index contributed by atoms with van der Waals surface area (Å²) in [6, 6.07) is 6.02. The van der Waals surface area contributed by atoms with E-state index >= 15 is 0 Å². The van der Waals surface area contributed by atoms with Crippen molar-refractivity contribution in [3.63, 3.8) is 0 Å². The zero-order valence-electron chi connectivity index (χ0n) is 9.19. The van der Waals surface area contributed by atoms with Gasteiger partial charge in [-0.1, -0.05) is 12.1 Å². The third kappa shape index (κ3) is 1.80. The van der Waals surface area contributed by atoms with Crippen LogP contribution in [0, 0.1) is 5.82 Å². The number of carbonyl (C=O) groups excluding carboxylic acids is 1. The van der Waals surface area contributed by atoms with Gasteiger partial charge in [0.05, 0.1) is 5.56 Å². The molecule has 1 saturated heterocycles. The minimum absolute atomic E-state index is 0.00396. The van der Waals surface area contributed by atoms with Crippen LogP contribution in [0.5, 0.6) is 0 Å². The molecule has 0 radical (unpaired) electrons. The van der Waals surface area contributed by atoms with E-state index in [2.05, 4.69) is 0 Å². The lowest BCUT2D eigenvalue weighted by atomic mass is 10.1. The summed E-state index contributed by atoms with van der Waals surface area (Å²) in [7, 11) is 0. The fraction of sp³-hybridized carbons (Fsp3) is 0.417. The fourth-order valence-corrected chi connectivity index (χ4v) is 2.04. The quantitative estimate of drug-likeness (QED) is 0.780. The number of benzene rings is 1. The predicted molar refractivity (Wildman–Crippen MR) is 59.5 cm³/mol. The molecule has 86 valence electrons. The van der Waals surface area contributed by atoms with E-state index < -0.39 is 5.82 Å². The van der Waals surface area contributed by atoms with E-state index in [4.69, 9.17) is 5.73 Å². The lowest BCUT2D eigenvalue weighted by Gasteiger charge is -2.23. The molecule has 1 heterocycles. The van der Waals surface area contributed by atoms with E-state index in [0.29, 0.717) is 6.54 Å². The average Bonchev–Trinajstić information content (AvgIpc) is 2.60. The molecule has 1 aromatic rings. The van der Waals surface area contributed by atoms with Crippen molar-refractivity contribution in [2.75, 3.05) is 6.54 Å². The van der Waals surface area contributed by atoms with Gasteiger partial charge in [-0.25, -0.2) is 4.39 Å². The summed E-state index contributed by atoms with van der Waals surface area (Å²) < 4.78 is 13.4. The first-order valence-corrected chi connectivity index (χ1v) is 5.42. The Hall–Kier alpha value is -1.42. The first-order valence-electron chi connectivity index (χ1n) is 5.42. The summed E-state index contributed by atoms with van der Waals surface area (Å²) in [6.07, 6.45) is 0.779. The molecule has 4 heteroatoms. The number of hydrogen-bond donors (Lipinski definition) is 1. The zero-order valence-corrected chi connectivity index (χ0v) is 9.19. The molecule has 2 atom stereocenters. The maximum Gasteiger partial charge on any atom is 0.257 e. The molecule has 16 heavy (non-hydrogen) atoms. The summed E-state index contributed by atoms with van der Waals surface area (Å²) in [6.45, 7) is 2.51. The summed E-state index contributed by atoms with van der Waals surface area (Å²) in [5.74, 6) is -0.737. The Morgan fingerprint density at radius 1 is 1.50 bits per heavy atom. The molecule has 1 aromatic carbocycles. The van der Waals surface area contributed by atoms with Crippen molar-refractivity contribution in [2.45, 2.75) is 25.4 Å². The monoisotopic (exact) mass is 222 g/mol. The van der Waals surface area contributed by atoms with Crippen LogP contribution in [0.4, 0.5) is 4.39 Å². The van der Waals surface area contributed by atoms with Gasteiger partial charge >= 0.3 is 0 Å². The minimum Gasteiger partial charge on any atom is -0.334 e. The largest absolute Gasteiger partial charge is 0.334 e. The molecule has 0 spiro atoms. The van der Waals surface area contributed by atoms with E-state index in [0.717, 1.165) is 6.42 Å². The SMILES string of the molecule is CC1C(N)CCN1C(=O)c1ccccc1F. The summed E-state index contributed by atoms with van der Waals surface area (Å²) >= 11 is 0. The predicted octanol–water partition coefficient (Wildman–Crippen LogP) is 1.39. The van der Waals surface area contributed by atoms with Crippen molar-refractivity contribution >= 4 is 5.91 Å². The van der Waals surface area contributed by atoms with E-state index in [9.17, 15) is 9.18 Å². The lowest BCUT2D eigenvalue weighted by Crippen LogP contribution is -2.40. The van der Waals surface area contributed by atoms with E-state index in [1.807, 2.05) is 6.92 Å². The van der Waals surface area contributed by atoms with Gasteiger partial charge in [-0.15, -0.1) is 0 Å². The smallest absolute Gasteiger partial charge is 0.257 e. The van der Waals surface area contributed by atoms with Crippen LogP contribution in [0.1, 0.15) is 23.7 Å². The number of carbonyl (C=O) groups is 1. The molecular formula is C12H15FN2O. The van der Waals surface area contributed by atoms with Crippen LogP contribution in [0.3, 0.4) is 0 Å². The molecule has 0 aliphatic carbocycles. The first-order chi connectivity index (χ1) is 7.61. The number of nitrogens with zero attached hydrogens (tertiary/aromatic N) is 1. The van der Waals surface area contributed by atoms with Crippen molar-refractivity contribution in [1.82, 2.24) is 4.90 Å². The first kappa shape index (κ1) is 11.1. The van der Waals surface area contributed by atoms with Gasteiger partial charge in [0.25, 0.3) is 5.91 Å². The Balaban J connectivity index is 2.23. The Kier molecular flexibility index (Phi) is 2.92. The highest BCUT2D eigenvalue weighted by atomic mass is 19.1. The number of likely N-dealkylation sites (tertiary alicyclic amines) is 1. The summed E-state index contributed by atoms with van der Waals surface area (Å²) in [5.41, 5.74) is 5.96. The van der Waals surface area contributed by atoms with Crippen molar-refractivity contribution < 1.29 is 9.18 Å². The Bertz CT molecular complexity index is 408. The van der Waals surface area contributed by atoms with E-state index in [1.54, 1.807) is 17.0 Å². The maximum atomic E-state index is 13.4. The Morgan fingerprint density at radius 2 is 2.19 bits per heavy atom. The third-order valence-electron chi connectivity index (χ3n) is 3.18. The normalized spacial score (nSPS) is 24.8. The molecule has 1 aliphatic rings. The molecule has 2 rings (SSSR count). The van der Waals surface area contributed by atoms with Gasteiger partial charge in [0.1, 0.15) is 5.82 Å². The molecule has 1 aliphatic heterocycles. The number of rotatable bonds is 1. The molecule has 0 bridgehead atoms. The van der Waals surface area contributed by atoms with Crippen LogP contribution in [0.15, 0.2) is 24.3 Å². The summed E-state index contributed by atoms with van der Waals surface area (Å²) in [4.78, 5) is 13.7. The Labute approximate surface area is 94.0 Å². The van der Waals surface area contributed by atoms with Crippen LogP contribution in [-0.4, -0.2) is 29.4 Å². The molecule has 0 aromatic heterocycles. The van der Waals surface area contributed by atoms with Gasteiger partial charge < -0.3 is 10.6 Å². The van der Waals surface area contributed by atoms with Crippen molar-refractivity contribution in [1.29, 1.82) is 0 Å². The second-order valence-corrected chi connectivity index (χ2v) is 4.17. The zero-order chi connectivity index (χ0) is 11.7. The van der Waals surface area contributed by atoms with Gasteiger partial charge in [-0.05, 0) is 25.5 Å². The van der Waals surface area contributed by atoms with Gasteiger partial charge in [0.2, 0.25) is 0 Å². The summed E-state index contributed by atoms with van der Waals surface area (Å²) in [5, 5.41) is 0. The second-order valence-electron chi connectivity index (χ2n) is 4.17. The highest BCUT2D eigenvalue weighted by molar-refractivity contribution is 5.94. The Morgan fingerprint density at radius 3 is 2.75 bits per heavy atom. The van der Waals surface area contributed by atoms with Gasteiger partial charge in [-0.3, -0.25) is 4.79 Å². The maximum absolute atomic E-state index is 13.4. The van der Waals surface area contributed by atoms with Crippen LogP contribution in [0.2, 0.25) is 0 Å². The standard InChI is InChI=1S/C12H15FN2O/c1-8-11(14)6-7-15(8)12(16)9-4-2-3-5-10(9)13/h2-5,8,11H,6-7,14H2,1H3. The molecule has 1 fully saturated rings. The van der Waals surface area contributed by atoms with Crippen LogP contribution < -0.4 is 5.73 Å². The molecule has 3 nitrogen and oxygen atoms in total. The molecule has 2 N–H and O–H groups in total. The van der Waals surface area contributed by atoms with E-state index in [-0.39, 0.29) is 23.6 Å². The van der Waals surface area contributed by atoms with Crippen molar-refractivity contribution in [3.8, 4) is 0 Å². The molecular weight excluding hydrogens is 207 g/mol. The van der Waals surface area contributed by atoms with Gasteiger partial charge in [0.15, 0.2) is 0 Å². The molecule has 0 saturated carbocycles. The van der Waals surface area contributed by atoms with Crippen LogP contribution in [0.25, 0.3) is 0 Å². The van der Waals surface area contributed by atoms with Crippen LogP contribution >= 0.6 is 0 Å². The van der Waals surface area contributed by atoms with Crippen molar-refractivity contribution in [3.05, 3.63) is 35.6 Å².